The maximum Gasteiger partial charge on any atom is -0.0594 e. The molecule has 0 nitrogen and oxygen atoms in total. The van der Waals surface area contributed by atoms with Gasteiger partial charge < -0.3 is 7.85 Å². The summed E-state index contributed by atoms with van der Waals surface area (Å²) in [5.74, 6) is 0. The highest BCUT2D eigenvalue weighted by Crippen LogP contribution is 1.86. The average molecular weight is 67.9 g/mol. The van der Waals surface area contributed by atoms with Gasteiger partial charge in [-0.05, 0) is 0 Å². The number of hydrogen-bond acceptors (Lipinski definition) is 0. The fraction of sp³-hybridized carbons (Fsp3) is 1.00. The molecule has 0 aromatic heterocycles. The van der Waals surface area contributed by atoms with Crippen LogP contribution in [0, 0.1) is 0 Å². The molecule has 5 heavy (non-hydrogen) atoms. The second kappa shape index (κ2) is 4.06. The summed E-state index contributed by atoms with van der Waals surface area (Å²) in [6.07, 6.45) is 3.23. The van der Waals surface area contributed by atoms with Crippen molar-refractivity contribution in [2.75, 3.05) is 0 Å². The van der Waals surface area contributed by atoms with E-state index >= 15 is 0 Å². The van der Waals surface area contributed by atoms with E-state index < -0.39 is 0 Å². The molecule has 0 N–H and O–H groups in total. The van der Waals surface area contributed by atoms with Crippen LogP contribution in [-0.2, 0) is 0 Å². The summed E-state index contributed by atoms with van der Waals surface area (Å²) >= 11 is 0. The first kappa shape index (κ1) is 5.06. The highest BCUT2D eigenvalue weighted by Gasteiger charge is 1.58. The molecule has 0 aromatic carbocycles. The fourth-order valence-electron chi connectivity index (χ4n) is 0.204. The summed E-state index contributed by atoms with van der Waals surface area (Å²) in [5.41, 5.74) is 0. The quantitative estimate of drug-likeness (QED) is 0.428. The monoisotopic (exact) mass is 68.1 g/mol. The van der Waals surface area contributed by atoms with Gasteiger partial charge in [0.1, 0.15) is 0 Å². The lowest BCUT2D eigenvalue weighted by Gasteiger charge is -1.94. The highest BCUT2D eigenvalue weighted by atomic mass is 13.7. The Balaban J connectivity index is 2.19. The normalized spacial score (nSPS) is 8.40. The number of rotatable bonds is 2. The SMILES string of the molecule is [B-]CCCC. The lowest BCUT2D eigenvalue weighted by Crippen LogP contribution is -1.63. The first-order chi connectivity index (χ1) is 2.41. The van der Waals surface area contributed by atoms with E-state index in [2.05, 4.69) is 6.92 Å². The Morgan fingerprint density at radius 1 is 1.60 bits per heavy atom. The smallest absolute Gasteiger partial charge is 0.0594 e. The molecule has 0 aliphatic heterocycles. The summed E-state index contributed by atoms with van der Waals surface area (Å²) in [4.78, 5) is 0. The van der Waals surface area contributed by atoms with Crippen molar-refractivity contribution < 1.29 is 0 Å². The minimum absolute atomic E-state index is 0.844. The largest absolute Gasteiger partial charge is 0.626 e. The van der Waals surface area contributed by atoms with Crippen LogP contribution in [0.2, 0.25) is 6.32 Å². The van der Waals surface area contributed by atoms with E-state index in [9.17, 15) is 0 Å². The molecule has 0 bridgehead atoms. The van der Waals surface area contributed by atoms with Crippen molar-refractivity contribution in [2.45, 2.75) is 26.1 Å². The van der Waals surface area contributed by atoms with E-state index in [1.807, 2.05) is 0 Å². The van der Waals surface area contributed by atoms with Crippen LogP contribution in [0.1, 0.15) is 19.8 Å². The van der Waals surface area contributed by atoms with Crippen LogP contribution in [0.15, 0.2) is 0 Å². The van der Waals surface area contributed by atoms with E-state index in [1.165, 1.54) is 12.8 Å². The molecule has 1 heteroatoms. The molecule has 0 heterocycles. The summed E-state index contributed by atoms with van der Waals surface area (Å²) < 4.78 is 0. The van der Waals surface area contributed by atoms with Crippen molar-refractivity contribution >= 4 is 7.85 Å². The molecular formula is C4H9B-. The Hall–Kier alpha value is 0.0649. The van der Waals surface area contributed by atoms with Crippen LogP contribution < -0.4 is 0 Å². The van der Waals surface area contributed by atoms with Crippen LogP contribution in [0.5, 0.6) is 0 Å². The topological polar surface area (TPSA) is 0 Å². The minimum atomic E-state index is 0.844. The molecule has 0 fully saturated rings. The zero-order valence-electron chi connectivity index (χ0n) is 3.70. The average Bonchev–Trinajstić information content (AvgIpc) is 1.41. The summed E-state index contributed by atoms with van der Waals surface area (Å²) in [5, 5.41) is 0. The highest BCUT2D eigenvalue weighted by molar-refractivity contribution is 6.08. The second-order valence-corrected chi connectivity index (χ2v) is 1.14. The van der Waals surface area contributed by atoms with Gasteiger partial charge in [0.05, 0.1) is 0 Å². The van der Waals surface area contributed by atoms with Crippen molar-refractivity contribution in [2.24, 2.45) is 0 Å². The molecule has 0 amide bonds. The molecule has 0 aromatic rings. The summed E-state index contributed by atoms with van der Waals surface area (Å²) in [7, 11) is 5.14. The Bertz CT molecular complexity index is 11.1. The van der Waals surface area contributed by atoms with Crippen molar-refractivity contribution in [3.05, 3.63) is 0 Å². The first-order valence-electron chi connectivity index (χ1n) is 2.12. The standard InChI is InChI=1S/C4H9B/c1-2-3-4-5/h2-4H2,1H3/q-1. The van der Waals surface area contributed by atoms with Gasteiger partial charge in [0.25, 0.3) is 0 Å². The lowest BCUT2D eigenvalue weighted by atomic mass is 10.0. The lowest BCUT2D eigenvalue weighted by molar-refractivity contribution is 0.884. The van der Waals surface area contributed by atoms with E-state index in [-0.39, 0.29) is 0 Å². The van der Waals surface area contributed by atoms with Gasteiger partial charge in [0.2, 0.25) is 0 Å². The maximum atomic E-state index is 5.14. The van der Waals surface area contributed by atoms with E-state index in [4.69, 9.17) is 7.85 Å². The summed E-state index contributed by atoms with van der Waals surface area (Å²) in [6.45, 7) is 2.13. The van der Waals surface area contributed by atoms with E-state index in [0.29, 0.717) is 0 Å². The third kappa shape index (κ3) is 4.06. The van der Waals surface area contributed by atoms with Crippen molar-refractivity contribution in [3.8, 4) is 0 Å². The molecule has 0 saturated carbocycles. The summed E-state index contributed by atoms with van der Waals surface area (Å²) in [6, 6.07) is 0. The molecule has 0 atom stereocenters. The third-order valence-electron chi connectivity index (χ3n) is 0.558. The Morgan fingerprint density at radius 2 is 2.20 bits per heavy atom. The van der Waals surface area contributed by atoms with Gasteiger partial charge in [-0.1, -0.05) is 19.8 Å². The van der Waals surface area contributed by atoms with Gasteiger partial charge in [-0.3, -0.25) is 6.32 Å². The molecule has 0 rings (SSSR count). The fourth-order valence-corrected chi connectivity index (χ4v) is 0.204. The molecule has 29 valence electrons. The minimum Gasteiger partial charge on any atom is -0.626 e. The molecule has 0 unspecified atom stereocenters. The van der Waals surface area contributed by atoms with Crippen LogP contribution in [-0.4, -0.2) is 7.85 Å². The van der Waals surface area contributed by atoms with Crippen LogP contribution in [0.25, 0.3) is 0 Å². The Labute approximate surface area is 35.0 Å². The zero-order chi connectivity index (χ0) is 4.12. The van der Waals surface area contributed by atoms with Gasteiger partial charge in [-0.15, -0.1) is 0 Å². The molecule has 0 aliphatic carbocycles. The van der Waals surface area contributed by atoms with E-state index in [1.54, 1.807) is 0 Å². The van der Waals surface area contributed by atoms with Crippen LogP contribution >= 0.6 is 0 Å². The molecule has 0 saturated heterocycles. The van der Waals surface area contributed by atoms with Crippen LogP contribution in [0.4, 0.5) is 0 Å². The first-order valence-corrected chi connectivity index (χ1v) is 2.12. The third-order valence-corrected chi connectivity index (χ3v) is 0.558. The molecule has 0 aliphatic rings. The van der Waals surface area contributed by atoms with Crippen molar-refractivity contribution in [3.63, 3.8) is 0 Å². The van der Waals surface area contributed by atoms with Gasteiger partial charge in [0, 0.05) is 0 Å². The number of hydrogen-bond donors (Lipinski definition) is 0. The second-order valence-electron chi connectivity index (χ2n) is 1.14. The van der Waals surface area contributed by atoms with Crippen molar-refractivity contribution in [1.82, 2.24) is 0 Å². The predicted octanol–water partition coefficient (Wildman–Crippen LogP) is 1.37. The van der Waals surface area contributed by atoms with Gasteiger partial charge in [0.15, 0.2) is 0 Å². The Kier molecular flexibility index (Phi) is 4.12. The van der Waals surface area contributed by atoms with Crippen LogP contribution in [0.3, 0.4) is 0 Å². The van der Waals surface area contributed by atoms with Gasteiger partial charge >= 0.3 is 0 Å². The van der Waals surface area contributed by atoms with E-state index in [0.717, 1.165) is 6.32 Å². The molecular weight excluding hydrogens is 58.9 g/mol. The number of unbranched alkanes of at least 4 members (excludes halogenated alkanes) is 1. The van der Waals surface area contributed by atoms with Gasteiger partial charge in [-0.25, -0.2) is 0 Å². The Morgan fingerprint density at radius 3 is 2.20 bits per heavy atom. The van der Waals surface area contributed by atoms with Crippen molar-refractivity contribution in [1.29, 1.82) is 0 Å². The molecule has 3 radical (unpaired) electrons. The van der Waals surface area contributed by atoms with Gasteiger partial charge in [-0.2, -0.15) is 0 Å². The predicted molar refractivity (Wildman–Crippen MR) is 25.5 cm³/mol. The maximum absolute atomic E-state index is 5.14. The zero-order valence-corrected chi connectivity index (χ0v) is 3.70. The molecule has 0 spiro atoms.